The number of fused-ring (bicyclic) bond motifs is 1. The zero-order chi connectivity index (χ0) is 14.8. The third-order valence-electron chi connectivity index (χ3n) is 4.33. The summed E-state index contributed by atoms with van der Waals surface area (Å²) in [7, 11) is 0. The van der Waals surface area contributed by atoms with Crippen molar-refractivity contribution in [1.82, 2.24) is 9.80 Å². The SMILES string of the molecule is CSCCN1C(=O)[C@H]2CN(Cc3ccccc3)C[C@@H]2C1=O. The molecule has 0 unspecified atom stereocenters. The summed E-state index contributed by atoms with van der Waals surface area (Å²) in [6, 6.07) is 10.2. The maximum atomic E-state index is 12.4. The topological polar surface area (TPSA) is 40.6 Å². The summed E-state index contributed by atoms with van der Waals surface area (Å²) in [5, 5.41) is 0. The van der Waals surface area contributed by atoms with Crippen LogP contribution in [0.25, 0.3) is 0 Å². The molecule has 2 aliphatic heterocycles. The van der Waals surface area contributed by atoms with Crippen molar-refractivity contribution in [3.05, 3.63) is 35.9 Å². The maximum Gasteiger partial charge on any atom is 0.234 e. The Bertz CT molecular complexity index is 510. The Morgan fingerprint density at radius 1 is 1.10 bits per heavy atom. The molecule has 2 amide bonds. The highest BCUT2D eigenvalue weighted by Crippen LogP contribution is 2.34. The lowest BCUT2D eigenvalue weighted by Crippen LogP contribution is -2.37. The average molecular weight is 304 g/mol. The van der Waals surface area contributed by atoms with Crippen molar-refractivity contribution in [2.45, 2.75) is 6.54 Å². The molecule has 3 rings (SSSR count). The van der Waals surface area contributed by atoms with Crippen molar-refractivity contribution in [2.24, 2.45) is 11.8 Å². The fourth-order valence-electron chi connectivity index (χ4n) is 3.27. The van der Waals surface area contributed by atoms with E-state index in [0.717, 1.165) is 12.3 Å². The Balaban J connectivity index is 1.63. The molecule has 0 radical (unpaired) electrons. The number of carbonyl (C=O) groups is 2. The van der Waals surface area contributed by atoms with Crippen LogP contribution in [0, 0.1) is 11.8 Å². The van der Waals surface area contributed by atoms with Gasteiger partial charge in [0.1, 0.15) is 0 Å². The number of imide groups is 1. The molecule has 2 aliphatic rings. The van der Waals surface area contributed by atoms with E-state index in [0.29, 0.717) is 19.6 Å². The van der Waals surface area contributed by atoms with Crippen LogP contribution in [-0.2, 0) is 16.1 Å². The van der Waals surface area contributed by atoms with Gasteiger partial charge in [-0.25, -0.2) is 0 Å². The van der Waals surface area contributed by atoms with Crippen molar-refractivity contribution in [3.63, 3.8) is 0 Å². The van der Waals surface area contributed by atoms with E-state index in [9.17, 15) is 9.59 Å². The van der Waals surface area contributed by atoms with E-state index < -0.39 is 0 Å². The molecule has 0 aromatic heterocycles. The Morgan fingerprint density at radius 2 is 1.71 bits per heavy atom. The number of nitrogens with zero attached hydrogens (tertiary/aromatic N) is 2. The summed E-state index contributed by atoms with van der Waals surface area (Å²) in [6.45, 7) is 2.80. The summed E-state index contributed by atoms with van der Waals surface area (Å²) >= 11 is 1.67. The fraction of sp³-hybridized carbons (Fsp3) is 0.500. The Labute approximate surface area is 129 Å². The fourth-order valence-corrected chi connectivity index (χ4v) is 3.63. The van der Waals surface area contributed by atoms with E-state index in [-0.39, 0.29) is 23.7 Å². The van der Waals surface area contributed by atoms with Gasteiger partial charge in [-0.3, -0.25) is 19.4 Å². The predicted molar refractivity (Wildman–Crippen MR) is 83.8 cm³/mol. The molecule has 0 spiro atoms. The van der Waals surface area contributed by atoms with Crippen LogP contribution >= 0.6 is 11.8 Å². The highest BCUT2D eigenvalue weighted by atomic mass is 32.2. The van der Waals surface area contributed by atoms with E-state index in [4.69, 9.17) is 0 Å². The van der Waals surface area contributed by atoms with Gasteiger partial charge in [0, 0.05) is 31.9 Å². The summed E-state index contributed by atoms with van der Waals surface area (Å²) in [5.74, 6) is 0.653. The second-order valence-electron chi connectivity index (χ2n) is 5.71. The monoisotopic (exact) mass is 304 g/mol. The van der Waals surface area contributed by atoms with Crippen molar-refractivity contribution in [1.29, 1.82) is 0 Å². The van der Waals surface area contributed by atoms with E-state index in [1.165, 1.54) is 10.5 Å². The smallest absolute Gasteiger partial charge is 0.234 e. The van der Waals surface area contributed by atoms with Gasteiger partial charge in [-0.1, -0.05) is 30.3 Å². The van der Waals surface area contributed by atoms with E-state index in [1.807, 2.05) is 24.5 Å². The first-order valence-corrected chi connectivity index (χ1v) is 8.70. The van der Waals surface area contributed by atoms with Crippen LogP contribution in [0.15, 0.2) is 30.3 Å². The van der Waals surface area contributed by atoms with Gasteiger partial charge in [0.2, 0.25) is 11.8 Å². The molecule has 2 atom stereocenters. The van der Waals surface area contributed by atoms with Gasteiger partial charge in [-0.2, -0.15) is 11.8 Å². The normalized spacial score (nSPS) is 25.7. The summed E-state index contributed by atoms with van der Waals surface area (Å²) in [4.78, 5) is 28.4. The second-order valence-corrected chi connectivity index (χ2v) is 6.70. The number of carbonyl (C=O) groups excluding carboxylic acids is 2. The van der Waals surface area contributed by atoms with Crippen molar-refractivity contribution < 1.29 is 9.59 Å². The van der Waals surface area contributed by atoms with Gasteiger partial charge in [0.05, 0.1) is 11.8 Å². The Kier molecular flexibility index (Phi) is 4.31. The standard InChI is InChI=1S/C16H20N2O2S/c1-21-8-7-18-15(19)13-10-17(11-14(13)16(18)20)9-12-5-3-2-4-6-12/h2-6,13-14H,7-11H2,1H3/t13-,14-/m0/s1. The lowest BCUT2D eigenvalue weighted by atomic mass is 10.00. The molecule has 4 nitrogen and oxygen atoms in total. The minimum Gasteiger partial charge on any atom is -0.297 e. The number of benzene rings is 1. The summed E-state index contributed by atoms with van der Waals surface area (Å²) in [5.41, 5.74) is 1.23. The van der Waals surface area contributed by atoms with Gasteiger partial charge in [0.25, 0.3) is 0 Å². The zero-order valence-corrected chi connectivity index (χ0v) is 13.0. The summed E-state index contributed by atoms with van der Waals surface area (Å²) < 4.78 is 0. The molecule has 2 fully saturated rings. The van der Waals surface area contributed by atoms with Crippen LogP contribution in [-0.4, -0.2) is 53.3 Å². The van der Waals surface area contributed by atoms with Crippen LogP contribution in [0.1, 0.15) is 5.56 Å². The van der Waals surface area contributed by atoms with Gasteiger partial charge < -0.3 is 0 Å². The quantitative estimate of drug-likeness (QED) is 0.772. The highest BCUT2D eigenvalue weighted by Gasteiger charge is 2.51. The molecular weight excluding hydrogens is 284 g/mol. The first kappa shape index (κ1) is 14.6. The molecule has 0 bridgehead atoms. The minimum absolute atomic E-state index is 0.0367. The van der Waals surface area contributed by atoms with Gasteiger partial charge in [-0.15, -0.1) is 0 Å². The van der Waals surface area contributed by atoms with Crippen LogP contribution in [0.2, 0.25) is 0 Å². The van der Waals surface area contributed by atoms with Crippen LogP contribution < -0.4 is 0 Å². The maximum absolute atomic E-state index is 12.4. The van der Waals surface area contributed by atoms with Gasteiger partial charge >= 0.3 is 0 Å². The number of hydrogen-bond donors (Lipinski definition) is 0. The molecule has 2 saturated heterocycles. The largest absolute Gasteiger partial charge is 0.297 e. The molecular formula is C16H20N2O2S. The van der Waals surface area contributed by atoms with E-state index in [2.05, 4.69) is 17.0 Å². The van der Waals surface area contributed by atoms with Crippen LogP contribution in [0.5, 0.6) is 0 Å². The lowest BCUT2D eigenvalue weighted by molar-refractivity contribution is -0.140. The number of hydrogen-bond acceptors (Lipinski definition) is 4. The predicted octanol–water partition coefficient (Wildman–Crippen LogP) is 1.47. The first-order valence-electron chi connectivity index (χ1n) is 7.31. The van der Waals surface area contributed by atoms with Gasteiger partial charge in [-0.05, 0) is 11.8 Å². The minimum atomic E-state index is -0.122. The lowest BCUT2D eigenvalue weighted by Gasteiger charge is -2.20. The molecule has 2 heterocycles. The molecule has 0 N–H and O–H groups in total. The third-order valence-corrected chi connectivity index (χ3v) is 4.92. The Hall–Kier alpha value is -1.33. The van der Waals surface area contributed by atoms with E-state index >= 15 is 0 Å². The van der Waals surface area contributed by atoms with Crippen LogP contribution in [0.4, 0.5) is 0 Å². The number of thioether (sulfide) groups is 1. The molecule has 1 aromatic carbocycles. The second kappa shape index (κ2) is 6.20. The van der Waals surface area contributed by atoms with Crippen LogP contribution in [0.3, 0.4) is 0 Å². The molecule has 5 heteroatoms. The number of amides is 2. The molecule has 21 heavy (non-hydrogen) atoms. The van der Waals surface area contributed by atoms with Crippen molar-refractivity contribution in [2.75, 3.05) is 31.6 Å². The highest BCUT2D eigenvalue weighted by molar-refractivity contribution is 7.98. The molecule has 112 valence electrons. The Morgan fingerprint density at radius 3 is 2.29 bits per heavy atom. The number of likely N-dealkylation sites (tertiary alicyclic amines) is 2. The molecule has 1 aromatic rings. The van der Waals surface area contributed by atoms with Crippen molar-refractivity contribution in [3.8, 4) is 0 Å². The number of rotatable bonds is 5. The van der Waals surface area contributed by atoms with Gasteiger partial charge in [0.15, 0.2) is 0 Å². The average Bonchev–Trinajstić information content (AvgIpc) is 2.99. The zero-order valence-electron chi connectivity index (χ0n) is 12.2. The third kappa shape index (κ3) is 2.85. The summed E-state index contributed by atoms with van der Waals surface area (Å²) in [6.07, 6.45) is 1.99. The molecule has 0 saturated carbocycles. The molecule has 0 aliphatic carbocycles. The van der Waals surface area contributed by atoms with Crippen molar-refractivity contribution >= 4 is 23.6 Å². The van der Waals surface area contributed by atoms with E-state index in [1.54, 1.807) is 11.8 Å². The first-order chi connectivity index (χ1) is 10.2.